The van der Waals surface area contributed by atoms with Crippen molar-refractivity contribution >= 4 is 35.9 Å². The molecule has 0 aliphatic carbocycles. The number of hydrogen-bond acceptors (Lipinski definition) is 0. The van der Waals surface area contributed by atoms with Gasteiger partial charge >= 0.3 is 110 Å². The molecule has 0 nitrogen and oxygen atoms in total. The topological polar surface area (TPSA) is 0 Å². The van der Waals surface area contributed by atoms with Gasteiger partial charge in [-0.1, -0.05) is 0 Å². The third kappa shape index (κ3) is 2.37. The van der Waals surface area contributed by atoms with E-state index >= 15 is 0 Å². The van der Waals surface area contributed by atoms with Gasteiger partial charge in [-0.05, 0) is 0 Å². The van der Waals surface area contributed by atoms with Crippen LogP contribution in [0.3, 0.4) is 0 Å². The molecular formula is C16H13Sb. The molecule has 0 N–H and O–H groups in total. The van der Waals surface area contributed by atoms with Crippen LogP contribution < -0.4 is 3.51 Å². The van der Waals surface area contributed by atoms with Crippen molar-refractivity contribution in [3.63, 3.8) is 0 Å². The zero-order chi connectivity index (χ0) is 11.5. The van der Waals surface area contributed by atoms with Crippen molar-refractivity contribution in [3.8, 4) is 0 Å². The Kier molecular flexibility index (Phi) is 3.15. The first-order chi connectivity index (χ1) is 8.43. The van der Waals surface area contributed by atoms with Crippen molar-refractivity contribution in [1.29, 1.82) is 0 Å². The van der Waals surface area contributed by atoms with Gasteiger partial charge in [0.2, 0.25) is 0 Å². The quantitative estimate of drug-likeness (QED) is 0.706. The van der Waals surface area contributed by atoms with Crippen LogP contribution in [0.4, 0.5) is 0 Å². The molecule has 0 spiro atoms. The fourth-order valence-corrected chi connectivity index (χ4v) is 6.53. The van der Waals surface area contributed by atoms with Crippen molar-refractivity contribution in [1.82, 2.24) is 0 Å². The average molecular weight is 327 g/mol. The standard InChI is InChI=1S/C10H8.C6H5.Sb/c1-3-9-7-5-6-8-10(9)4-2;1-2-4-6-5-3-1;/h1-8H;1-5H;. The van der Waals surface area contributed by atoms with Crippen LogP contribution in [0.1, 0.15) is 11.1 Å². The van der Waals surface area contributed by atoms with E-state index in [2.05, 4.69) is 74.8 Å². The van der Waals surface area contributed by atoms with Gasteiger partial charge in [0.05, 0.1) is 0 Å². The Balaban J connectivity index is 1.99. The molecule has 0 aromatic heterocycles. The molecule has 3 rings (SSSR count). The second kappa shape index (κ2) is 4.94. The predicted octanol–water partition coefficient (Wildman–Crippen LogP) is 3.21. The second-order valence-corrected chi connectivity index (χ2v) is 9.50. The van der Waals surface area contributed by atoms with Crippen molar-refractivity contribution in [3.05, 3.63) is 73.8 Å². The van der Waals surface area contributed by atoms with Crippen molar-refractivity contribution < 1.29 is 0 Å². The summed E-state index contributed by atoms with van der Waals surface area (Å²) in [5.41, 5.74) is 2.68. The monoisotopic (exact) mass is 326 g/mol. The van der Waals surface area contributed by atoms with E-state index in [9.17, 15) is 0 Å². The van der Waals surface area contributed by atoms with Crippen LogP contribution in [0.5, 0.6) is 0 Å². The molecular weight excluding hydrogens is 314 g/mol. The summed E-state index contributed by atoms with van der Waals surface area (Å²) in [7, 11) is 0. The number of rotatable bonds is 1. The Morgan fingerprint density at radius 1 is 0.588 bits per heavy atom. The summed E-state index contributed by atoms with van der Waals surface area (Å²) >= 11 is -1.54. The van der Waals surface area contributed by atoms with Gasteiger partial charge in [0.25, 0.3) is 0 Å². The molecule has 2 aromatic rings. The zero-order valence-electron chi connectivity index (χ0n) is 9.45. The molecule has 0 amide bonds. The SMILES string of the molecule is C1=[CH][Sb]([c]2ccccc2)[CH]=Cc2ccccc21. The van der Waals surface area contributed by atoms with Gasteiger partial charge in [-0.25, -0.2) is 0 Å². The van der Waals surface area contributed by atoms with Gasteiger partial charge in [0.1, 0.15) is 0 Å². The number of hydrogen-bond donors (Lipinski definition) is 0. The van der Waals surface area contributed by atoms with Gasteiger partial charge in [-0.3, -0.25) is 0 Å². The molecule has 2 aromatic carbocycles. The van der Waals surface area contributed by atoms with Crippen molar-refractivity contribution in [2.75, 3.05) is 0 Å². The fraction of sp³-hybridized carbons (Fsp3) is 0. The van der Waals surface area contributed by atoms with Gasteiger partial charge in [-0.15, -0.1) is 0 Å². The molecule has 0 radical (unpaired) electrons. The van der Waals surface area contributed by atoms with E-state index < -0.39 is 20.2 Å². The molecule has 0 atom stereocenters. The van der Waals surface area contributed by atoms with Crippen molar-refractivity contribution in [2.24, 2.45) is 0 Å². The Bertz CT molecular complexity index is 534. The third-order valence-electron chi connectivity index (χ3n) is 2.88. The molecule has 0 bridgehead atoms. The average Bonchev–Trinajstić information content (AvgIpc) is 2.62. The first-order valence-electron chi connectivity index (χ1n) is 5.72. The molecule has 0 saturated carbocycles. The van der Waals surface area contributed by atoms with E-state index in [1.165, 1.54) is 14.6 Å². The van der Waals surface area contributed by atoms with Crippen LogP contribution in [0.25, 0.3) is 12.2 Å². The fourth-order valence-electron chi connectivity index (χ4n) is 1.96. The minimum atomic E-state index is -1.54. The van der Waals surface area contributed by atoms with Crippen LogP contribution in [-0.2, 0) is 0 Å². The first-order valence-corrected chi connectivity index (χ1v) is 9.95. The number of benzene rings is 2. The molecule has 0 unspecified atom stereocenters. The van der Waals surface area contributed by atoms with E-state index in [1.807, 2.05) is 0 Å². The first kappa shape index (κ1) is 10.9. The van der Waals surface area contributed by atoms with Gasteiger partial charge in [-0.2, -0.15) is 0 Å². The summed E-state index contributed by atoms with van der Waals surface area (Å²) in [5, 5.41) is 0. The normalized spacial score (nSPS) is 14.4. The Hall–Kier alpha value is -1.26. The van der Waals surface area contributed by atoms with Crippen LogP contribution >= 0.6 is 0 Å². The van der Waals surface area contributed by atoms with E-state index in [-0.39, 0.29) is 0 Å². The van der Waals surface area contributed by atoms with Gasteiger partial charge in [0, 0.05) is 0 Å². The van der Waals surface area contributed by atoms with E-state index in [1.54, 1.807) is 0 Å². The van der Waals surface area contributed by atoms with Gasteiger partial charge < -0.3 is 0 Å². The van der Waals surface area contributed by atoms with E-state index in [4.69, 9.17) is 0 Å². The summed E-state index contributed by atoms with van der Waals surface area (Å²) in [6.07, 6.45) is 4.59. The molecule has 17 heavy (non-hydrogen) atoms. The van der Waals surface area contributed by atoms with Crippen LogP contribution in [0.15, 0.2) is 62.6 Å². The summed E-state index contributed by atoms with van der Waals surface area (Å²) in [6.45, 7) is 0. The molecule has 1 aliphatic rings. The maximum absolute atomic E-state index is 2.44. The van der Waals surface area contributed by atoms with Crippen LogP contribution in [-0.4, -0.2) is 20.2 Å². The number of fused-ring (bicyclic) bond motifs is 1. The Labute approximate surface area is 109 Å². The third-order valence-corrected chi connectivity index (χ3v) is 8.12. The molecule has 1 aliphatic heterocycles. The predicted molar refractivity (Wildman–Crippen MR) is 76.3 cm³/mol. The summed E-state index contributed by atoms with van der Waals surface area (Å²) in [5.74, 6) is 0. The second-order valence-electron chi connectivity index (χ2n) is 4.00. The Morgan fingerprint density at radius 3 is 1.71 bits per heavy atom. The minimum absolute atomic E-state index is 1.34. The molecule has 1 heterocycles. The van der Waals surface area contributed by atoms with E-state index in [0.29, 0.717) is 0 Å². The Morgan fingerprint density at radius 2 is 1.12 bits per heavy atom. The van der Waals surface area contributed by atoms with E-state index in [0.717, 1.165) is 0 Å². The summed E-state index contributed by atoms with van der Waals surface area (Å²) in [6, 6.07) is 19.5. The van der Waals surface area contributed by atoms with Crippen LogP contribution in [0, 0.1) is 0 Å². The molecule has 0 saturated heterocycles. The molecule has 0 fully saturated rings. The molecule has 1 heteroatoms. The maximum atomic E-state index is 2.44. The summed E-state index contributed by atoms with van der Waals surface area (Å²) < 4.78 is 6.41. The van der Waals surface area contributed by atoms with Crippen molar-refractivity contribution in [2.45, 2.75) is 0 Å². The molecule has 82 valence electrons. The summed E-state index contributed by atoms with van der Waals surface area (Å²) in [4.78, 5) is 0. The zero-order valence-corrected chi connectivity index (χ0v) is 12.0. The van der Waals surface area contributed by atoms with Crippen LogP contribution in [0.2, 0.25) is 0 Å². The van der Waals surface area contributed by atoms with Gasteiger partial charge in [0.15, 0.2) is 0 Å².